The molecule has 1 aromatic heterocycles. The molecule has 112 valence electrons. The first-order valence-corrected chi connectivity index (χ1v) is 7.00. The molecule has 0 spiro atoms. The molecule has 9 nitrogen and oxygen atoms in total. The van der Waals surface area contributed by atoms with Gasteiger partial charge in [-0.2, -0.15) is 0 Å². The Morgan fingerprint density at radius 1 is 0.857 bits per heavy atom. The predicted octanol–water partition coefficient (Wildman–Crippen LogP) is -2.71. The molecule has 9 heteroatoms. The van der Waals surface area contributed by atoms with Gasteiger partial charge in [0.25, 0.3) is 0 Å². The van der Waals surface area contributed by atoms with Crippen LogP contribution in [0.5, 0.6) is 0 Å². The average Bonchev–Trinajstić information content (AvgIpc) is 3.31. The van der Waals surface area contributed by atoms with Crippen LogP contribution in [0.25, 0.3) is 0 Å². The van der Waals surface area contributed by atoms with Crippen LogP contribution in [-0.4, -0.2) is 51.3 Å². The van der Waals surface area contributed by atoms with E-state index in [4.69, 9.17) is 14.2 Å². The van der Waals surface area contributed by atoms with E-state index >= 15 is 0 Å². The molecule has 0 radical (unpaired) electrons. The Morgan fingerprint density at radius 2 is 1.33 bits per heavy atom. The minimum atomic E-state index is -0.581. The second-order valence-corrected chi connectivity index (χ2v) is 5.91. The fourth-order valence-electron chi connectivity index (χ4n) is 2.72. The number of hydrogen-bond acceptors (Lipinski definition) is 6. The molecule has 5 rings (SSSR count). The number of aromatic nitrogens is 3. The molecule has 3 saturated heterocycles. The average molecular weight is 295 g/mol. The Morgan fingerprint density at radius 3 is 1.67 bits per heavy atom. The zero-order valence-corrected chi connectivity index (χ0v) is 11.0. The van der Waals surface area contributed by atoms with Crippen molar-refractivity contribution in [3.05, 3.63) is 31.5 Å². The van der Waals surface area contributed by atoms with Crippen molar-refractivity contribution < 1.29 is 14.2 Å². The molecule has 3 aliphatic heterocycles. The monoisotopic (exact) mass is 295 g/mol. The molecule has 0 N–H and O–H groups in total. The van der Waals surface area contributed by atoms with Gasteiger partial charge in [0, 0.05) is 0 Å². The molecule has 1 aromatic rings. The topological polar surface area (TPSA) is 104 Å². The SMILES string of the molecule is O=c1n(CC2CO2)c(=O)n(C2C3OC32)c(=O)n1C[C@H]1CO1. The zero-order valence-electron chi connectivity index (χ0n) is 11.0. The third-order valence-electron chi connectivity index (χ3n) is 4.30. The first-order chi connectivity index (χ1) is 10.1. The molecule has 0 aromatic carbocycles. The van der Waals surface area contributed by atoms with E-state index in [1.54, 1.807) is 0 Å². The number of rotatable bonds is 5. The van der Waals surface area contributed by atoms with Gasteiger partial charge in [0.15, 0.2) is 0 Å². The number of nitrogens with zero attached hydrogens (tertiary/aromatic N) is 3. The van der Waals surface area contributed by atoms with Gasteiger partial charge in [-0.25, -0.2) is 28.1 Å². The molecule has 0 bridgehead atoms. The van der Waals surface area contributed by atoms with Crippen molar-refractivity contribution in [2.75, 3.05) is 13.2 Å². The fraction of sp³-hybridized carbons (Fsp3) is 0.750. The van der Waals surface area contributed by atoms with E-state index in [0.29, 0.717) is 13.2 Å². The molecule has 4 fully saturated rings. The first-order valence-electron chi connectivity index (χ1n) is 7.00. The largest absolute Gasteiger partial charge is 0.371 e. The minimum absolute atomic E-state index is 0.0378. The number of fused-ring (bicyclic) bond motifs is 1. The van der Waals surface area contributed by atoms with Crippen LogP contribution in [0.4, 0.5) is 0 Å². The smallest absolute Gasteiger partial charge is 0.336 e. The molecule has 4 heterocycles. The molecule has 1 saturated carbocycles. The lowest BCUT2D eigenvalue weighted by Gasteiger charge is -2.14. The Kier molecular flexibility index (Phi) is 2.11. The lowest BCUT2D eigenvalue weighted by atomic mass is 10.4. The number of ether oxygens (including phenoxy) is 3. The maximum atomic E-state index is 12.4. The van der Waals surface area contributed by atoms with Gasteiger partial charge in [-0.1, -0.05) is 0 Å². The molecule has 21 heavy (non-hydrogen) atoms. The van der Waals surface area contributed by atoms with Gasteiger partial charge >= 0.3 is 17.1 Å². The Balaban J connectivity index is 1.67. The lowest BCUT2D eigenvalue weighted by molar-refractivity contribution is 0.210. The molecule has 1 aliphatic carbocycles. The molecular formula is C12H13N3O6. The van der Waals surface area contributed by atoms with Crippen LogP contribution in [0, 0.1) is 0 Å². The van der Waals surface area contributed by atoms with E-state index in [-0.39, 0.29) is 43.5 Å². The summed E-state index contributed by atoms with van der Waals surface area (Å²) in [4.78, 5) is 37.3. The van der Waals surface area contributed by atoms with Crippen LogP contribution in [-0.2, 0) is 27.3 Å². The van der Waals surface area contributed by atoms with Crippen LogP contribution < -0.4 is 17.1 Å². The van der Waals surface area contributed by atoms with Crippen LogP contribution in [0.3, 0.4) is 0 Å². The van der Waals surface area contributed by atoms with Gasteiger partial charge < -0.3 is 14.2 Å². The Bertz CT molecular complexity index is 738. The van der Waals surface area contributed by atoms with Crippen molar-refractivity contribution in [1.29, 1.82) is 0 Å². The van der Waals surface area contributed by atoms with E-state index in [1.165, 1.54) is 0 Å². The normalized spacial score (nSPS) is 38.0. The molecule has 3 unspecified atom stereocenters. The Labute approximate surface area is 117 Å². The highest BCUT2D eigenvalue weighted by Gasteiger charge is 2.70. The van der Waals surface area contributed by atoms with Crippen molar-refractivity contribution in [3.8, 4) is 0 Å². The highest BCUT2D eigenvalue weighted by atomic mass is 16.6. The summed E-state index contributed by atoms with van der Waals surface area (Å²) in [7, 11) is 0. The van der Waals surface area contributed by atoms with E-state index in [0.717, 1.165) is 13.7 Å². The first kappa shape index (κ1) is 11.9. The summed E-state index contributed by atoms with van der Waals surface area (Å²) >= 11 is 0. The molecule has 4 aliphatic rings. The fourth-order valence-corrected chi connectivity index (χ4v) is 2.72. The predicted molar refractivity (Wildman–Crippen MR) is 66.4 cm³/mol. The van der Waals surface area contributed by atoms with Crippen molar-refractivity contribution in [2.24, 2.45) is 0 Å². The quantitative estimate of drug-likeness (QED) is 0.547. The van der Waals surface area contributed by atoms with Gasteiger partial charge in [0.1, 0.15) is 18.2 Å². The lowest BCUT2D eigenvalue weighted by Crippen LogP contribution is -2.56. The summed E-state index contributed by atoms with van der Waals surface area (Å²) in [6.45, 7) is 1.45. The third kappa shape index (κ3) is 1.78. The molecule has 0 amide bonds. The highest BCUT2D eigenvalue weighted by molar-refractivity contribution is 5.18. The summed E-state index contributed by atoms with van der Waals surface area (Å²) in [5.74, 6) is 0. The van der Waals surface area contributed by atoms with E-state index in [2.05, 4.69) is 0 Å². The second-order valence-electron chi connectivity index (χ2n) is 5.91. The van der Waals surface area contributed by atoms with Crippen LogP contribution in [0.2, 0.25) is 0 Å². The van der Waals surface area contributed by atoms with Crippen molar-refractivity contribution in [2.45, 2.75) is 43.5 Å². The second kappa shape index (κ2) is 3.73. The van der Waals surface area contributed by atoms with Crippen molar-refractivity contribution >= 4 is 0 Å². The zero-order chi connectivity index (χ0) is 14.3. The Hall–Kier alpha value is -1.71. The molecule has 4 atom stereocenters. The molecular weight excluding hydrogens is 282 g/mol. The van der Waals surface area contributed by atoms with E-state index < -0.39 is 17.1 Å². The van der Waals surface area contributed by atoms with E-state index in [9.17, 15) is 14.4 Å². The minimum Gasteiger partial charge on any atom is -0.371 e. The van der Waals surface area contributed by atoms with Crippen molar-refractivity contribution in [3.63, 3.8) is 0 Å². The van der Waals surface area contributed by atoms with Crippen LogP contribution >= 0.6 is 0 Å². The summed E-state index contributed by atoms with van der Waals surface area (Å²) < 4.78 is 18.7. The maximum absolute atomic E-state index is 12.4. The van der Waals surface area contributed by atoms with Gasteiger partial charge in [-0.3, -0.25) is 0 Å². The van der Waals surface area contributed by atoms with Crippen molar-refractivity contribution in [1.82, 2.24) is 13.7 Å². The van der Waals surface area contributed by atoms with Gasteiger partial charge in [0.2, 0.25) is 0 Å². The highest BCUT2D eigenvalue weighted by Crippen LogP contribution is 2.55. The summed E-state index contributed by atoms with van der Waals surface area (Å²) in [5, 5.41) is 0. The number of hydrogen-bond donors (Lipinski definition) is 0. The van der Waals surface area contributed by atoms with Crippen LogP contribution in [0.1, 0.15) is 6.04 Å². The summed E-state index contributed by atoms with van der Waals surface area (Å²) in [5.41, 5.74) is -1.70. The third-order valence-corrected chi connectivity index (χ3v) is 4.30. The van der Waals surface area contributed by atoms with E-state index in [1.807, 2.05) is 0 Å². The maximum Gasteiger partial charge on any atom is 0.336 e. The van der Waals surface area contributed by atoms with Gasteiger partial charge in [-0.15, -0.1) is 0 Å². The summed E-state index contributed by atoms with van der Waals surface area (Å²) in [6.07, 6.45) is -0.303. The van der Waals surface area contributed by atoms with Gasteiger partial charge in [0.05, 0.1) is 38.5 Å². The van der Waals surface area contributed by atoms with Crippen LogP contribution in [0.15, 0.2) is 14.4 Å². The van der Waals surface area contributed by atoms with Gasteiger partial charge in [-0.05, 0) is 0 Å². The number of epoxide rings is 3. The summed E-state index contributed by atoms with van der Waals surface area (Å²) in [6, 6.07) is -0.219. The standard InChI is InChI=1S/C12H13N3O6/c16-10-13(1-5-3-19-5)11(17)15(7-8-9(7)21-8)12(18)14(10)2-6-4-20-6/h5-9H,1-4H2/t5-,6?,7?,8?,9?/m0/s1.